The van der Waals surface area contributed by atoms with Crippen LogP contribution < -0.4 is 4.74 Å². The molecule has 1 aliphatic heterocycles. The van der Waals surface area contributed by atoms with Crippen molar-refractivity contribution in [3.63, 3.8) is 0 Å². The third-order valence-corrected chi connectivity index (χ3v) is 5.58. The lowest BCUT2D eigenvalue weighted by atomic mass is 9.96. The van der Waals surface area contributed by atoms with Gasteiger partial charge in [-0.25, -0.2) is 0 Å². The highest BCUT2D eigenvalue weighted by molar-refractivity contribution is 9.09. The Bertz CT molecular complexity index is 423. The minimum atomic E-state index is 0.514. The van der Waals surface area contributed by atoms with Crippen LogP contribution in [-0.2, 0) is 6.42 Å². The molecule has 1 nitrogen and oxygen atoms in total. The van der Waals surface area contributed by atoms with Gasteiger partial charge in [-0.05, 0) is 48.8 Å². The lowest BCUT2D eigenvalue weighted by Gasteiger charge is -2.20. The molecule has 19 heavy (non-hydrogen) atoms. The summed E-state index contributed by atoms with van der Waals surface area (Å²) >= 11 is 3.88. The van der Waals surface area contributed by atoms with Gasteiger partial charge in [-0.3, -0.25) is 0 Å². The molecule has 1 atom stereocenters. The average molecular weight is 323 g/mol. The fraction of sp³-hybridized carbons (Fsp3) is 0.647. The van der Waals surface area contributed by atoms with Gasteiger partial charge in [0.15, 0.2) is 0 Å². The van der Waals surface area contributed by atoms with Gasteiger partial charge in [-0.1, -0.05) is 53.7 Å². The zero-order valence-electron chi connectivity index (χ0n) is 11.5. The van der Waals surface area contributed by atoms with Crippen LogP contribution in [0, 0.1) is 5.92 Å². The molecule has 1 fully saturated rings. The summed E-state index contributed by atoms with van der Waals surface area (Å²) in [5.74, 6) is 2.09. The largest absolute Gasteiger partial charge is 0.493 e. The second-order valence-corrected chi connectivity index (χ2v) is 7.12. The Morgan fingerprint density at radius 2 is 2.05 bits per heavy atom. The Kier molecular flexibility index (Phi) is 4.47. The first-order chi connectivity index (χ1) is 9.33. The Morgan fingerprint density at radius 1 is 1.21 bits per heavy atom. The van der Waals surface area contributed by atoms with E-state index < -0.39 is 0 Å². The molecule has 3 rings (SSSR count). The number of halogens is 1. The molecule has 0 radical (unpaired) electrons. The van der Waals surface area contributed by atoms with Crippen molar-refractivity contribution in [3.8, 4) is 5.75 Å². The van der Waals surface area contributed by atoms with Crippen LogP contribution in [0.5, 0.6) is 5.75 Å². The molecule has 1 aromatic rings. The Hall–Kier alpha value is -0.500. The predicted molar refractivity (Wildman–Crippen MR) is 83.1 cm³/mol. The molecule has 2 aliphatic rings. The lowest BCUT2D eigenvalue weighted by molar-refractivity contribution is 0.288. The van der Waals surface area contributed by atoms with E-state index in [1.807, 2.05) is 0 Å². The summed E-state index contributed by atoms with van der Waals surface area (Å²) in [4.78, 5) is 0.514. The number of ether oxygens (including phenoxy) is 1. The normalized spacial score (nSPS) is 20.9. The highest BCUT2D eigenvalue weighted by Gasteiger charge is 2.18. The van der Waals surface area contributed by atoms with Crippen LogP contribution in [-0.4, -0.2) is 6.61 Å². The molecule has 0 saturated heterocycles. The van der Waals surface area contributed by atoms with E-state index in [0.717, 1.165) is 24.7 Å². The molecule has 1 aliphatic carbocycles. The van der Waals surface area contributed by atoms with Crippen LogP contribution in [0.4, 0.5) is 0 Å². The fourth-order valence-corrected chi connectivity index (χ4v) is 3.97. The molecule has 1 aromatic carbocycles. The lowest BCUT2D eigenvalue weighted by Crippen LogP contribution is -2.08. The number of hydrogen-bond donors (Lipinski definition) is 0. The molecule has 1 heterocycles. The monoisotopic (exact) mass is 322 g/mol. The second kappa shape index (κ2) is 6.30. The third-order valence-electron chi connectivity index (χ3n) is 4.60. The molecule has 2 heteroatoms. The van der Waals surface area contributed by atoms with Gasteiger partial charge in [0.2, 0.25) is 0 Å². The smallest absolute Gasteiger partial charge is 0.122 e. The van der Waals surface area contributed by atoms with E-state index in [1.165, 1.54) is 56.1 Å². The van der Waals surface area contributed by atoms with Crippen molar-refractivity contribution in [2.24, 2.45) is 5.92 Å². The van der Waals surface area contributed by atoms with Gasteiger partial charge in [0.05, 0.1) is 6.61 Å². The number of alkyl halides is 1. The van der Waals surface area contributed by atoms with E-state index in [9.17, 15) is 0 Å². The molecule has 0 spiro atoms. The second-order valence-electron chi connectivity index (χ2n) is 6.01. The van der Waals surface area contributed by atoms with Crippen molar-refractivity contribution < 1.29 is 4.74 Å². The molecular formula is C17H23BrO. The van der Waals surface area contributed by atoms with Crippen molar-refractivity contribution >= 4 is 15.9 Å². The molecule has 0 N–H and O–H groups in total. The van der Waals surface area contributed by atoms with E-state index in [1.54, 1.807) is 0 Å². The van der Waals surface area contributed by atoms with Gasteiger partial charge >= 0.3 is 0 Å². The molecule has 1 unspecified atom stereocenters. The number of hydrogen-bond acceptors (Lipinski definition) is 1. The minimum absolute atomic E-state index is 0.514. The Morgan fingerprint density at radius 3 is 2.89 bits per heavy atom. The van der Waals surface area contributed by atoms with Crippen molar-refractivity contribution in [1.29, 1.82) is 0 Å². The molecular weight excluding hydrogens is 300 g/mol. The first-order valence-corrected chi connectivity index (χ1v) is 8.64. The van der Waals surface area contributed by atoms with Crippen molar-refractivity contribution in [3.05, 3.63) is 29.3 Å². The summed E-state index contributed by atoms with van der Waals surface area (Å²) in [5.41, 5.74) is 2.83. The first-order valence-electron chi connectivity index (χ1n) is 7.72. The number of fused-ring (bicyclic) bond motifs is 1. The van der Waals surface area contributed by atoms with Crippen LogP contribution in [0.3, 0.4) is 0 Å². The van der Waals surface area contributed by atoms with E-state index in [2.05, 4.69) is 34.1 Å². The predicted octanol–water partition coefficient (Wildman–Crippen LogP) is 5.42. The van der Waals surface area contributed by atoms with Gasteiger partial charge in [-0.15, -0.1) is 0 Å². The summed E-state index contributed by atoms with van der Waals surface area (Å²) in [6.07, 6.45) is 10.8. The molecule has 104 valence electrons. The molecule has 0 aromatic heterocycles. The number of aryl methyl sites for hydroxylation is 1. The third kappa shape index (κ3) is 3.34. The van der Waals surface area contributed by atoms with Gasteiger partial charge in [0, 0.05) is 4.83 Å². The van der Waals surface area contributed by atoms with Crippen LogP contribution in [0.15, 0.2) is 18.2 Å². The van der Waals surface area contributed by atoms with Crippen molar-refractivity contribution in [1.82, 2.24) is 0 Å². The van der Waals surface area contributed by atoms with Crippen molar-refractivity contribution in [2.45, 2.75) is 56.2 Å². The molecule has 0 amide bonds. The van der Waals surface area contributed by atoms with E-state index >= 15 is 0 Å². The molecule has 0 bridgehead atoms. The summed E-state index contributed by atoms with van der Waals surface area (Å²) in [6, 6.07) is 6.74. The van der Waals surface area contributed by atoms with Crippen LogP contribution in [0.1, 0.15) is 60.9 Å². The maximum atomic E-state index is 5.68. The first kappa shape index (κ1) is 13.5. The minimum Gasteiger partial charge on any atom is -0.493 e. The van der Waals surface area contributed by atoms with E-state index in [-0.39, 0.29) is 0 Å². The van der Waals surface area contributed by atoms with Crippen LogP contribution in [0.25, 0.3) is 0 Å². The molecule has 1 saturated carbocycles. The van der Waals surface area contributed by atoms with Crippen molar-refractivity contribution in [2.75, 3.05) is 6.61 Å². The summed E-state index contributed by atoms with van der Waals surface area (Å²) in [7, 11) is 0. The quantitative estimate of drug-likeness (QED) is 0.673. The fourth-order valence-electron chi connectivity index (χ4n) is 3.42. The van der Waals surface area contributed by atoms with Gasteiger partial charge < -0.3 is 4.74 Å². The van der Waals surface area contributed by atoms with Gasteiger partial charge in [0.25, 0.3) is 0 Å². The topological polar surface area (TPSA) is 9.23 Å². The van der Waals surface area contributed by atoms with Crippen LogP contribution >= 0.6 is 15.9 Å². The maximum Gasteiger partial charge on any atom is 0.122 e. The maximum absolute atomic E-state index is 5.68. The van der Waals surface area contributed by atoms with Crippen LogP contribution in [0.2, 0.25) is 0 Å². The van der Waals surface area contributed by atoms with Gasteiger partial charge in [0.1, 0.15) is 5.75 Å². The number of benzene rings is 1. The summed E-state index contributed by atoms with van der Waals surface area (Å²) in [5, 5.41) is 0. The Labute approximate surface area is 124 Å². The van der Waals surface area contributed by atoms with Gasteiger partial charge in [-0.2, -0.15) is 0 Å². The Balaban J connectivity index is 1.60. The average Bonchev–Trinajstić information content (AvgIpc) is 2.97. The zero-order valence-corrected chi connectivity index (χ0v) is 13.1. The van der Waals surface area contributed by atoms with E-state index in [0.29, 0.717) is 4.83 Å². The standard InChI is InChI=1S/C17H23BrO/c18-16(9-7-13-4-1-2-5-13)14-8-10-17-15(12-14)6-3-11-19-17/h8,10,12-13,16H,1-7,9,11H2. The zero-order chi connectivity index (χ0) is 13.1. The number of rotatable bonds is 4. The summed E-state index contributed by atoms with van der Waals surface area (Å²) < 4.78 is 5.68. The van der Waals surface area contributed by atoms with E-state index in [4.69, 9.17) is 4.74 Å². The summed E-state index contributed by atoms with van der Waals surface area (Å²) in [6.45, 7) is 0.881. The highest BCUT2D eigenvalue weighted by Crippen LogP contribution is 2.36. The SMILES string of the molecule is BrC(CCC1CCCC1)c1ccc2c(c1)CCCO2. The highest BCUT2D eigenvalue weighted by atomic mass is 79.9.